The van der Waals surface area contributed by atoms with Gasteiger partial charge in [-0.05, 0) is 17.2 Å². The van der Waals surface area contributed by atoms with Crippen molar-refractivity contribution in [1.29, 1.82) is 0 Å². The van der Waals surface area contributed by atoms with E-state index in [1.807, 2.05) is 24.3 Å². The van der Waals surface area contributed by atoms with E-state index in [-0.39, 0.29) is 16.1 Å². The second-order valence-corrected chi connectivity index (χ2v) is 5.68. The zero-order valence-corrected chi connectivity index (χ0v) is 12.4. The normalized spacial score (nSPS) is 20.1. The van der Waals surface area contributed by atoms with Gasteiger partial charge in [-0.15, -0.1) is 0 Å². The average Bonchev–Trinajstić information content (AvgIpc) is 2.78. The van der Waals surface area contributed by atoms with E-state index in [2.05, 4.69) is 10.3 Å². The van der Waals surface area contributed by atoms with E-state index in [1.54, 1.807) is 0 Å². The SMILES string of the molecule is O=C(N[C@H]1c2ccccc2C[C@H]1O)c1cnc(Cl)c(Cl)c1. The fourth-order valence-corrected chi connectivity index (χ4v) is 2.79. The summed E-state index contributed by atoms with van der Waals surface area (Å²) in [4.78, 5) is 16.1. The van der Waals surface area contributed by atoms with Crippen molar-refractivity contribution in [1.82, 2.24) is 10.3 Å². The molecule has 0 fully saturated rings. The number of hydrogen-bond acceptors (Lipinski definition) is 3. The van der Waals surface area contributed by atoms with E-state index >= 15 is 0 Å². The van der Waals surface area contributed by atoms with Crippen LogP contribution in [-0.2, 0) is 6.42 Å². The molecule has 0 bridgehead atoms. The Morgan fingerprint density at radius 3 is 2.86 bits per heavy atom. The molecule has 0 unspecified atom stereocenters. The van der Waals surface area contributed by atoms with Crippen LogP contribution >= 0.6 is 23.2 Å². The van der Waals surface area contributed by atoms with Crippen LogP contribution in [0.5, 0.6) is 0 Å². The zero-order valence-electron chi connectivity index (χ0n) is 10.9. The minimum Gasteiger partial charge on any atom is -0.390 e. The number of nitrogens with zero attached hydrogens (tertiary/aromatic N) is 1. The number of fused-ring (bicyclic) bond motifs is 1. The number of aromatic nitrogens is 1. The van der Waals surface area contributed by atoms with Gasteiger partial charge in [0.05, 0.1) is 22.7 Å². The van der Waals surface area contributed by atoms with Crippen LogP contribution in [-0.4, -0.2) is 22.1 Å². The van der Waals surface area contributed by atoms with Gasteiger partial charge in [-0.1, -0.05) is 47.5 Å². The van der Waals surface area contributed by atoms with Crippen molar-refractivity contribution in [2.45, 2.75) is 18.6 Å². The third-order valence-corrected chi connectivity index (χ3v) is 4.24. The number of halogens is 2. The molecule has 0 aliphatic heterocycles. The number of amides is 1. The van der Waals surface area contributed by atoms with Gasteiger partial charge in [0.2, 0.25) is 0 Å². The molecule has 6 heteroatoms. The van der Waals surface area contributed by atoms with Gasteiger partial charge in [0, 0.05) is 12.6 Å². The van der Waals surface area contributed by atoms with Crippen LogP contribution in [0.15, 0.2) is 36.5 Å². The summed E-state index contributed by atoms with van der Waals surface area (Å²) in [5.74, 6) is -0.346. The van der Waals surface area contributed by atoms with Crippen molar-refractivity contribution in [2.24, 2.45) is 0 Å². The van der Waals surface area contributed by atoms with Gasteiger partial charge in [0.1, 0.15) is 5.15 Å². The maximum Gasteiger partial charge on any atom is 0.253 e. The van der Waals surface area contributed by atoms with Crippen molar-refractivity contribution in [3.63, 3.8) is 0 Å². The van der Waals surface area contributed by atoms with Crippen molar-refractivity contribution < 1.29 is 9.90 Å². The Morgan fingerprint density at radius 1 is 1.33 bits per heavy atom. The molecule has 4 nitrogen and oxygen atoms in total. The van der Waals surface area contributed by atoms with E-state index in [1.165, 1.54) is 12.3 Å². The average molecular weight is 323 g/mol. The third kappa shape index (κ3) is 2.75. The highest BCUT2D eigenvalue weighted by molar-refractivity contribution is 6.41. The second kappa shape index (κ2) is 5.64. The molecule has 1 amide bonds. The highest BCUT2D eigenvalue weighted by Gasteiger charge is 2.32. The molecule has 1 aromatic heterocycles. The number of rotatable bonds is 2. The Morgan fingerprint density at radius 2 is 2.10 bits per heavy atom. The summed E-state index contributed by atoms with van der Waals surface area (Å²) in [5.41, 5.74) is 2.29. The highest BCUT2D eigenvalue weighted by Crippen LogP contribution is 2.31. The first-order valence-corrected chi connectivity index (χ1v) is 7.19. The summed E-state index contributed by atoms with van der Waals surface area (Å²) in [6.07, 6.45) is 1.25. The molecule has 1 aliphatic rings. The summed E-state index contributed by atoms with van der Waals surface area (Å²) in [5, 5.41) is 13.3. The molecule has 2 N–H and O–H groups in total. The van der Waals surface area contributed by atoms with Crippen LogP contribution in [0, 0.1) is 0 Å². The third-order valence-electron chi connectivity index (χ3n) is 3.55. The van der Waals surface area contributed by atoms with E-state index in [0.717, 1.165) is 11.1 Å². The zero-order chi connectivity index (χ0) is 15.0. The fourth-order valence-electron chi connectivity index (χ4n) is 2.52. The highest BCUT2D eigenvalue weighted by atomic mass is 35.5. The number of benzene rings is 1. The Labute approximate surface area is 131 Å². The predicted molar refractivity (Wildman–Crippen MR) is 80.6 cm³/mol. The van der Waals surface area contributed by atoms with Gasteiger partial charge >= 0.3 is 0 Å². The molecule has 2 aromatic rings. The summed E-state index contributed by atoms with van der Waals surface area (Å²) < 4.78 is 0. The van der Waals surface area contributed by atoms with E-state index < -0.39 is 12.1 Å². The van der Waals surface area contributed by atoms with Crippen LogP contribution in [0.1, 0.15) is 27.5 Å². The number of aliphatic hydroxyl groups is 1. The van der Waals surface area contributed by atoms with E-state index in [4.69, 9.17) is 23.2 Å². The van der Waals surface area contributed by atoms with Gasteiger partial charge in [-0.2, -0.15) is 0 Å². The van der Waals surface area contributed by atoms with Crippen molar-refractivity contribution in [3.8, 4) is 0 Å². The number of hydrogen-bond donors (Lipinski definition) is 2. The quantitative estimate of drug-likeness (QED) is 0.836. The van der Waals surface area contributed by atoms with Gasteiger partial charge in [-0.3, -0.25) is 4.79 Å². The summed E-state index contributed by atoms with van der Waals surface area (Å²) >= 11 is 11.6. The van der Waals surface area contributed by atoms with Crippen LogP contribution < -0.4 is 5.32 Å². The molecule has 21 heavy (non-hydrogen) atoms. The lowest BCUT2D eigenvalue weighted by Crippen LogP contribution is -2.33. The molecular weight excluding hydrogens is 311 g/mol. The Balaban J connectivity index is 1.83. The summed E-state index contributed by atoms with van der Waals surface area (Å²) in [6, 6.07) is 8.69. The number of aliphatic hydroxyl groups excluding tert-OH is 1. The summed E-state index contributed by atoms with van der Waals surface area (Å²) in [6.45, 7) is 0. The number of pyridine rings is 1. The minimum absolute atomic E-state index is 0.152. The standard InChI is InChI=1S/C15H12Cl2N2O2/c16-11-5-9(7-18-14(11)17)15(21)19-13-10-4-2-1-3-8(10)6-12(13)20/h1-5,7,12-13,20H,6H2,(H,19,21)/t12-,13+/m1/s1. The molecule has 1 aliphatic carbocycles. The lowest BCUT2D eigenvalue weighted by molar-refractivity contribution is 0.0858. The number of carbonyl (C=O) groups is 1. The molecule has 0 saturated carbocycles. The molecule has 0 saturated heterocycles. The first kappa shape index (κ1) is 14.3. The molecular formula is C15H12Cl2N2O2. The topological polar surface area (TPSA) is 62.2 Å². The first-order valence-electron chi connectivity index (χ1n) is 6.44. The Hall–Kier alpha value is -1.62. The lowest BCUT2D eigenvalue weighted by atomic mass is 10.1. The minimum atomic E-state index is -0.637. The fraction of sp³-hybridized carbons (Fsp3) is 0.200. The molecule has 1 heterocycles. The van der Waals surface area contributed by atoms with E-state index in [9.17, 15) is 9.90 Å². The largest absolute Gasteiger partial charge is 0.390 e. The maximum atomic E-state index is 12.3. The van der Waals surface area contributed by atoms with Crippen molar-refractivity contribution >= 4 is 29.1 Å². The molecule has 0 spiro atoms. The van der Waals surface area contributed by atoms with Crippen molar-refractivity contribution in [2.75, 3.05) is 0 Å². The summed E-state index contributed by atoms with van der Waals surface area (Å²) in [7, 11) is 0. The maximum absolute atomic E-state index is 12.3. The second-order valence-electron chi connectivity index (χ2n) is 4.92. The molecule has 108 valence electrons. The van der Waals surface area contributed by atoms with Crippen molar-refractivity contribution in [3.05, 3.63) is 63.4 Å². The lowest BCUT2D eigenvalue weighted by Gasteiger charge is -2.18. The molecule has 1 aromatic carbocycles. The van der Waals surface area contributed by atoms with Gasteiger partial charge in [0.15, 0.2) is 0 Å². The van der Waals surface area contributed by atoms with Crippen LogP contribution in [0.4, 0.5) is 0 Å². The first-order chi connectivity index (χ1) is 10.1. The number of nitrogens with one attached hydrogen (secondary N) is 1. The predicted octanol–water partition coefficient (Wildman–Crippen LogP) is 2.78. The monoisotopic (exact) mass is 322 g/mol. The number of carbonyl (C=O) groups excluding carboxylic acids is 1. The molecule has 2 atom stereocenters. The molecule has 3 rings (SSSR count). The van der Waals surface area contributed by atoms with Gasteiger partial charge < -0.3 is 10.4 Å². The molecule has 0 radical (unpaired) electrons. The van der Waals surface area contributed by atoms with E-state index in [0.29, 0.717) is 12.0 Å². The van der Waals surface area contributed by atoms with Crippen LogP contribution in [0.25, 0.3) is 0 Å². The van der Waals surface area contributed by atoms with Gasteiger partial charge in [-0.25, -0.2) is 4.98 Å². The Kier molecular flexibility index (Phi) is 3.85. The van der Waals surface area contributed by atoms with Crippen LogP contribution in [0.2, 0.25) is 10.2 Å². The smallest absolute Gasteiger partial charge is 0.253 e. The van der Waals surface area contributed by atoms with Gasteiger partial charge in [0.25, 0.3) is 5.91 Å². The Bertz CT molecular complexity index is 706. The van der Waals surface area contributed by atoms with Crippen LogP contribution in [0.3, 0.4) is 0 Å².